The Morgan fingerprint density at radius 1 is 1.06 bits per heavy atom. The van der Waals surface area contributed by atoms with Crippen LogP contribution in [0.5, 0.6) is 5.75 Å². The summed E-state index contributed by atoms with van der Waals surface area (Å²) >= 11 is 5.92. The summed E-state index contributed by atoms with van der Waals surface area (Å²) in [4.78, 5) is 34.8. The second-order valence-corrected chi connectivity index (χ2v) is 8.27. The van der Waals surface area contributed by atoms with Gasteiger partial charge in [0.15, 0.2) is 0 Å². The predicted octanol–water partition coefficient (Wildman–Crippen LogP) is 3.08. The molecule has 0 radical (unpaired) electrons. The number of aromatic nitrogens is 2. The molecule has 1 saturated heterocycles. The van der Waals surface area contributed by atoms with E-state index in [0.717, 1.165) is 25.5 Å². The third-order valence-corrected chi connectivity index (χ3v) is 6.20. The number of methoxy groups -OCH3 is 1. The fraction of sp³-hybridized carbons (Fsp3) is 0.375. The quantitative estimate of drug-likeness (QED) is 0.572. The molecule has 2 aromatic carbocycles. The van der Waals surface area contributed by atoms with E-state index < -0.39 is 0 Å². The van der Waals surface area contributed by atoms with E-state index in [4.69, 9.17) is 21.3 Å². The average molecular weight is 455 g/mol. The lowest BCUT2D eigenvalue weighted by Crippen LogP contribution is -2.49. The topological polar surface area (TPSA) is 67.7 Å². The fourth-order valence-electron chi connectivity index (χ4n) is 4.14. The van der Waals surface area contributed by atoms with Crippen LogP contribution in [0.2, 0.25) is 5.02 Å². The standard InChI is InChI=1S/C24H27ClN4O3/c1-3-21-26-19-5-4-6-20(32-2)22(19)24(31)29(21)16-13-27-11-14-28(15-12-27)23(30)17-7-9-18(25)10-8-17/h4-10H,3,11-16H2,1-2H3. The van der Waals surface area contributed by atoms with Crippen LogP contribution in [0, 0.1) is 0 Å². The summed E-state index contributed by atoms with van der Waals surface area (Å²) in [7, 11) is 1.57. The Morgan fingerprint density at radius 3 is 2.44 bits per heavy atom. The molecule has 0 N–H and O–H groups in total. The number of hydrogen-bond acceptors (Lipinski definition) is 5. The number of amides is 1. The normalized spacial score (nSPS) is 14.7. The van der Waals surface area contributed by atoms with Crippen LogP contribution in [0.25, 0.3) is 10.9 Å². The predicted molar refractivity (Wildman–Crippen MR) is 126 cm³/mol. The first-order valence-corrected chi connectivity index (χ1v) is 11.2. The van der Waals surface area contributed by atoms with E-state index in [2.05, 4.69) is 4.90 Å². The highest BCUT2D eigenvalue weighted by Crippen LogP contribution is 2.21. The zero-order valence-electron chi connectivity index (χ0n) is 18.4. The molecule has 3 aromatic rings. The van der Waals surface area contributed by atoms with Crippen LogP contribution in [-0.4, -0.2) is 65.1 Å². The average Bonchev–Trinajstić information content (AvgIpc) is 2.83. The number of hydrogen-bond donors (Lipinski definition) is 0. The molecule has 168 valence electrons. The van der Waals surface area contributed by atoms with Crippen molar-refractivity contribution >= 4 is 28.4 Å². The molecule has 32 heavy (non-hydrogen) atoms. The molecular weight excluding hydrogens is 428 g/mol. The first kappa shape index (κ1) is 22.3. The molecule has 0 unspecified atom stereocenters. The number of benzene rings is 2. The fourth-order valence-corrected chi connectivity index (χ4v) is 4.27. The summed E-state index contributed by atoms with van der Waals surface area (Å²) in [6.45, 7) is 6.11. The number of carbonyl (C=O) groups is 1. The highest BCUT2D eigenvalue weighted by Gasteiger charge is 2.22. The van der Waals surface area contributed by atoms with Crippen LogP contribution >= 0.6 is 11.6 Å². The van der Waals surface area contributed by atoms with E-state index in [1.54, 1.807) is 42.0 Å². The number of halogens is 1. The van der Waals surface area contributed by atoms with Crippen LogP contribution in [-0.2, 0) is 13.0 Å². The number of aryl methyl sites for hydroxylation is 1. The SMILES string of the molecule is CCc1nc2cccc(OC)c2c(=O)n1CCN1CCN(C(=O)c2ccc(Cl)cc2)CC1. The number of fused-ring (bicyclic) bond motifs is 1. The van der Waals surface area contributed by atoms with Crippen LogP contribution in [0.4, 0.5) is 0 Å². The maximum absolute atomic E-state index is 13.2. The molecular formula is C24H27ClN4O3. The maximum Gasteiger partial charge on any atom is 0.265 e. The number of ether oxygens (including phenoxy) is 1. The summed E-state index contributed by atoms with van der Waals surface area (Å²) < 4.78 is 7.16. The smallest absolute Gasteiger partial charge is 0.265 e. The third-order valence-electron chi connectivity index (χ3n) is 5.95. The Kier molecular flexibility index (Phi) is 6.77. The van der Waals surface area contributed by atoms with Gasteiger partial charge in [0.1, 0.15) is 17.0 Å². The number of nitrogens with zero attached hydrogens (tertiary/aromatic N) is 4. The highest BCUT2D eigenvalue weighted by molar-refractivity contribution is 6.30. The van der Waals surface area contributed by atoms with Crippen molar-refractivity contribution in [3.63, 3.8) is 0 Å². The van der Waals surface area contributed by atoms with Crippen LogP contribution in [0.15, 0.2) is 47.3 Å². The number of piperazine rings is 1. The Labute approximate surface area is 192 Å². The zero-order chi connectivity index (χ0) is 22.7. The van der Waals surface area contributed by atoms with Gasteiger partial charge in [-0.15, -0.1) is 0 Å². The van der Waals surface area contributed by atoms with Crippen molar-refractivity contribution in [2.75, 3.05) is 39.8 Å². The Bertz CT molecular complexity index is 1170. The van der Waals surface area contributed by atoms with Gasteiger partial charge in [0.2, 0.25) is 0 Å². The molecule has 0 spiro atoms. The van der Waals surface area contributed by atoms with E-state index in [1.807, 2.05) is 24.0 Å². The molecule has 1 aromatic heterocycles. The molecule has 1 fully saturated rings. The van der Waals surface area contributed by atoms with E-state index in [-0.39, 0.29) is 11.5 Å². The summed E-state index contributed by atoms with van der Waals surface area (Å²) in [5.41, 5.74) is 1.25. The van der Waals surface area contributed by atoms with Crippen molar-refractivity contribution in [1.29, 1.82) is 0 Å². The first-order valence-electron chi connectivity index (χ1n) is 10.9. The zero-order valence-corrected chi connectivity index (χ0v) is 19.1. The monoisotopic (exact) mass is 454 g/mol. The van der Waals surface area contributed by atoms with Crippen molar-refractivity contribution in [3.05, 3.63) is 69.2 Å². The van der Waals surface area contributed by atoms with Gasteiger partial charge in [-0.2, -0.15) is 0 Å². The van der Waals surface area contributed by atoms with Gasteiger partial charge in [-0.25, -0.2) is 4.98 Å². The van der Waals surface area contributed by atoms with Crippen molar-refractivity contribution < 1.29 is 9.53 Å². The lowest BCUT2D eigenvalue weighted by Gasteiger charge is -2.35. The van der Waals surface area contributed by atoms with Gasteiger partial charge in [-0.3, -0.25) is 19.1 Å². The summed E-state index contributed by atoms with van der Waals surface area (Å²) in [5.74, 6) is 1.34. The molecule has 4 rings (SSSR count). The van der Waals surface area contributed by atoms with Gasteiger partial charge in [0.25, 0.3) is 11.5 Å². The van der Waals surface area contributed by atoms with Gasteiger partial charge < -0.3 is 9.64 Å². The van der Waals surface area contributed by atoms with Crippen molar-refractivity contribution in [3.8, 4) is 5.75 Å². The van der Waals surface area contributed by atoms with E-state index >= 15 is 0 Å². The number of carbonyl (C=O) groups excluding carboxylic acids is 1. The molecule has 1 aliphatic rings. The molecule has 0 bridgehead atoms. The van der Waals surface area contributed by atoms with Crippen LogP contribution in [0.1, 0.15) is 23.1 Å². The largest absolute Gasteiger partial charge is 0.496 e. The molecule has 0 aliphatic carbocycles. The second kappa shape index (κ2) is 9.71. The van der Waals surface area contributed by atoms with Crippen molar-refractivity contribution in [2.45, 2.75) is 19.9 Å². The highest BCUT2D eigenvalue weighted by atomic mass is 35.5. The molecule has 0 saturated carbocycles. The van der Waals surface area contributed by atoms with Gasteiger partial charge in [0, 0.05) is 56.3 Å². The van der Waals surface area contributed by atoms with Gasteiger partial charge in [-0.05, 0) is 36.4 Å². The van der Waals surface area contributed by atoms with E-state index in [9.17, 15) is 9.59 Å². The van der Waals surface area contributed by atoms with Gasteiger partial charge in [-0.1, -0.05) is 24.6 Å². The molecule has 0 atom stereocenters. The minimum absolute atomic E-state index is 0.0247. The Morgan fingerprint density at radius 2 is 1.78 bits per heavy atom. The van der Waals surface area contributed by atoms with Gasteiger partial charge >= 0.3 is 0 Å². The number of rotatable bonds is 6. The lowest BCUT2D eigenvalue weighted by atomic mass is 10.2. The Balaban J connectivity index is 1.43. The molecule has 1 aliphatic heterocycles. The van der Waals surface area contributed by atoms with Crippen LogP contribution in [0.3, 0.4) is 0 Å². The summed E-state index contributed by atoms with van der Waals surface area (Å²) in [6.07, 6.45) is 0.672. The molecule has 8 heteroatoms. The summed E-state index contributed by atoms with van der Waals surface area (Å²) in [5, 5.41) is 1.14. The molecule has 1 amide bonds. The van der Waals surface area contributed by atoms with Crippen molar-refractivity contribution in [2.24, 2.45) is 0 Å². The Hall–Kier alpha value is -2.90. The first-order chi connectivity index (χ1) is 15.5. The summed E-state index contributed by atoms with van der Waals surface area (Å²) in [6, 6.07) is 12.5. The third kappa shape index (κ3) is 4.49. The lowest BCUT2D eigenvalue weighted by molar-refractivity contribution is 0.0632. The minimum atomic E-state index is -0.0687. The van der Waals surface area contributed by atoms with Crippen molar-refractivity contribution in [1.82, 2.24) is 19.4 Å². The van der Waals surface area contributed by atoms with E-state index in [1.165, 1.54) is 0 Å². The minimum Gasteiger partial charge on any atom is -0.496 e. The van der Waals surface area contributed by atoms with Gasteiger partial charge in [0.05, 0.1) is 12.6 Å². The van der Waals surface area contributed by atoms with E-state index in [0.29, 0.717) is 53.3 Å². The molecule has 7 nitrogen and oxygen atoms in total. The molecule has 2 heterocycles. The van der Waals surface area contributed by atoms with Crippen LogP contribution < -0.4 is 10.3 Å². The second-order valence-electron chi connectivity index (χ2n) is 7.83. The maximum atomic E-state index is 13.2.